The van der Waals surface area contributed by atoms with Crippen molar-refractivity contribution in [2.75, 3.05) is 14.2 Å². The van der Waals surface area contributed by atoms with E-state index in [1.54, 1.807) is 14.2 Å². The molecule has 1 aliphatic carbocycles. The maximum Gasteiger partial charge on any atom is 0.131 e. The molecule has 3 rings (SSSR count). The number of imidazole rings is 1. The third-order valence-electron chi connectivity index (χ3n) is 4.32. The first-order valence-corrected chi connectivity index (χ1v) is 7.57. The minimum absolute atomic E-state index is 0.558. The Morgan fingerprint density at radius 2 is 1.90 bits per heavy atom. The first-order chi connectivity index (χ1) is 10.3. The first kappa shape index (κ1) is 14.0. The second kappa shape index (κ2) is 6.20. The van der Waals surface area contributed by atoms with Crippen molar-refractivity contribution in [3.63, 3.8) is 0 Å². The van der Waals surface area contributed by atoms with Gasteiger partial charge < -0.3 is 14.0 Å². The highest BCUT2D eigenvalue weighted by molar-refractivity contribution is 5.68. The Morgan fingerprint density at radius 1 is 1.10 bits per heavy atom. The molecule has 21 heavy (non-hydrogen) atoms. The summed E-state index contributed by atoms with van der Waals surface area (Å²) in [7, 11) is 3.36. The minimum Gasteiger partial charge on any atom is -0.497 e. The molecule has 0 amide bonds. The number of ether oxygens (including phenoxy) is 2. The van der Waals surface area contributed by atoms with Crippen LogP contribution < -0.4 is 9.47 Å². The molecular formula is C17H22N2O2. The standard InChI is InChI=1S/C17H22N2O2/c1-20-14-8-9-15(17(10-14)21-2)16-11-18-12-19(16)13-6-4-3-5-7-13/h8-13H,3-7H2,1-2H3. The van der Waals surface area contributed by atoms with Crippen LogP contribution in [0.15, 0.2) is 30.7 Å². The van der Waals surface area contributed by atoms with Crippen LogP contribution in [0.4, 0.5) is 0 Å². The summed E-state index contributed by atoms with van der Waals surface area (Å²) >= 11 is 0. The van der Waals surface area contributed by atoms with Crippen molar-refractivity contribution in [3.8, 4) is 22.8 Å². The Bertz CT molecular complexity index is 601. The van der Waals surface area contributed by atoms with Crippen LogP contribution in [0, 0.1) is 0 Å². The molecule has 1 aromatic carbocycles. The van der Waals surface area contributed by atoms with Crippen molar-refractivity contribution in [2.45, 2.75) is 38.1 Å². The summed E-state index contributed by atoms with van der Waals surface area (Å²) in [4.78, 5) is 4.37. The fourth-order valence-electron chi connectivity index (χ4n) is 3.17. The molecule has 0 spiro atoms. The second-order valence-electron chi connectivity index (χ2n) is 5.54. The number of hydrogen-bond acceptors (Lipinski definition) is 3. The van der Waals surface area contributed by atoms with Crippen molar-refractivity contribution >= 4 is 0 Å². The van der Waals surface area contributed by atoms with Gasteiger partial charge >= 0.3 is 0 Å². The van der Waals surface area contributed by atoms with Gasteiger partial charge in [0.15, 0.2) is 0 Å². The molecule has 112 valence electrons. The van der Waals surface area contributed by atoms with E-state index >= 15 is 0 Å². The van der Waals surface area contributed by atoms with E-state index in [0.29, 0.717) is 6.04 Å². The average molecular weight is 286 g/mol. The molecule has 2 aromatic rings. The lowest BCUT2D eigenvalue weighted by atomic mass is 9.95. The van der Waals surface area contributed by atoms with Gasteiger partial charge in [0.1, 0.15) is 11.5 Å². The number of rotatable bonds is 4. The molecular weight excluding hydrogens is 264 g/mol. The van der Waals surface area contributed by atoms with Gasteiger partial charge in [-0.15, -0.1) is 0 Å². The molecule has 4 nitrogen and oxygen atoms in total. The van der Waals surface area contributed by atoms with Crippen LogP contribution in [0.5, 0.6) is 11.5 Å². The molecule has 0 atom stereocenters. The number of aromatic nitrogens is 2. The van der Waals surface area contributed by atoms with Gasteiger partial charge in [0, 0.05) is 17.7 Å². The molecule has 4 heteroatoms. The number of nitrogens with zero attached hydrogens (tertiary/aromatic N) is 2. The Kier molecular flexibility index (Phi) is 4.13. The number of methoxy groups -OCH3 is 2. The quantitative estimate of drug-likeness (QED) is 0.850. The highest BCUT2D eigenvalue weighted by Crippen LogP contribution is 2.37. The molecule has 0 N–H and O–H groups in total. The largest absolute Gasteiger partial charge is 0.497 e. The van der Waals surface area contributed by atoms with Gasteiger partial charge in [-0.3, -0.25) is 0 Å². The molecule has 1 aliphatic rings. The van der Waals surface area contributed by atoms with E-state index in [1.807, 2.05) is 30.7 Å². The smallest absolute Gasteiger partial charge is 0.131 e. The zero-order chi connectivity index (χ0) is 14.7. The highest BCUT2D eigenvalue weighted by atomic mass is 16.5. The fourth-order valence-corrected chi connectivity index (χ4v) is 3.17. The second-order valence-corrected chi connectivity index (χ2v) is 5.54. The van der Waals surface area contributed by atoms with Crippen LogP contribution in [0.25, 0.3) is 11.3 Å². The molecule has 0 aliphatic heterocycles. The molecule has 1 heterocycles. The van der Waals surface area contributed by atoms with Crippen molar-refractivity contribution in [1.82, 2.24) is 9.55 Å². The van der Waals surface area contributed by atoms with Crippen LogP contribution in [-0.4, -0.2) is 23.8 Å². The molecule has 0 unspecified atom stereocenters. The van der Waals surface area contributed by atoms with Crippen LogP contribution >= 0.6 is 0 Å². The van der Waals surface area contributed by atoms with Crippen molar-refractivity contribution < 1.29 is 9.47 Å². The van der Waals surface area contributed by atoms with E-state index in [4.69, 9.17) is 9.47 Å². The Labute approximate surface area is 125 Å². The fraction of sp³-hybridized carbons (Fsp3) is 0.471. The Hall–Kier alpha value is -1.97. The lowest BCUT2D eigenvalue weighted by Crippen LogP contribution is -2.13. The van der Waals surface area contributed by atoms with E-state index < -0.39 is 0 Å². The summed E-state index contributed by atoms with van der Waals surface area (Å²) in [5.41, 5.74) is 2.20. The van der Waals surface area contributed by atoms with Gasteiger partial charge in [-0.25, -0.2) is 4.98 Å². The van der Waals surface area contributed by atoms with Crippen LogP contribution in [0.3, 0.4) is 0 Å². The third kappa shape index (κ3) is 2.75. The van der Waals surface area contributed by atoms with E-state index in [9.17, 15) is 0 Å². The maximum atomic E-state index is 5.53. The monoisotopic (exact) mass is 286 g/mol. The molecule has 1 fully saturated rings. The maximum absolute atomic E-state index is 5.53. The summed E-state index contributed by atoms with van der Waals surface area (Å²) in [6.45, 7) is 0. The predicted molar refractivity (Wildman–Crippen MR) is 82.9 cm³/mol. The van der Waals surface area contributed by atoms with Gasteiger partial charge in [-0.05, 0) is 25.0 Å². The van der Waals surface area contributed by atoms with E-state index in [1.165, 1.54) is 32.1 Å². The van der Waals surface area contributed by atoms with Crippen molar-refractivity contribution in [2.24, 2.45) is 0 Å². The third-order valence-corrected chi connectivity index (χ3v) is 4.32. The highest BCUT2D eigenvalue weighted by Gasteiger charge is 2.20. The summed E-state index contributed by atoms with van der Waals surface area (Å²) in [5, 5.41) is 0. The zero-order valence-electron chi connectivity index (χ0n) is 12.7. The molecule has 0 bridgehead atoms. The molecule has 1 saturated carbocycles. The van der Waals surface area contributed by atoms with Crippen LogP contribution in [-0.2, 0) is 0 Å². The lowest BCUT2D eigenvalue weighted by Gasteiger charge is -2.25. The van der Waals surface area contributed by atoms with E-state index in [0.717, 1.165) is 22.8 Å². The normalized spacial score (nSPS) is 15.9. The van der Waals surface area contributed by atoms with Gasteiger partial charge in [0.2, 0.25) is 0 Å². The van der Waals surface area contributed by atoms with Crippen molar-refractivity contribution in [3.05, 3.63) is 30.7 Å². The van der Waals surface area contributed by atoms with Crippen LogP contribution in [0.2, 0.25) is 0 Å². The summed E-state index contributed by atoms with van der Waals surface area (Å²) < 4.78 is 13.1. The van der Waals surface area contributed by atoms with Gasteiger partial charge in [0.25, 0.3) is 0 Å². The van der Waals surface area contributed by atoms with Gasteiger partial charge in [-0.2, -0.15) is 0 Å². The number of hydrogen-bond donors (Lipinski definition) is 0. The van der Waals surface area contributed by atoms with E-state index in [-0.39, 0.29) is 0 Å². The summed E-state index contributed by atoms with van der Waals surface area (Å²) in [6.07, 6.45) is 10.3. The Morgan fingerprint density at radius 3 is 2.62 bits per heavy atom. The SMILES string of the molecule is COc1ccc(-c2cncn2C2CCCCC2)c(OC)c1. The van der Waals surface area contributed by atoms with E-state index in [2.05, 4.69) is 9.55 Å². The molecule has 0 radical (unpaired) electrons. The lowest BCUT2D eigenvalue weighted by molar-refractivity contribution is 0.354. The molecule has 0 saturated heterocycles. The summed E-state index contributed by atoms with van der Waals surface area (Å²) in [6, 6.07) is 6.50. The summed E-state index contributed by atoms with van der Waals surface area (Å²) in [5.74, 6) is 1.63. The predicted octanol–water partition coefficient (Wildman–Crippen LogP) is 4.07. The average Bonchev–Trinajstić information content (AvgIpc) is 3.04. The zero-order valence-corrected chi connectivity index (χ0v) is 12.7. The van der Waals surface area contributed by atoms with Crippen molar-refractivity contribution in [1.29, 1.82) is 0 Å². The van der Waals surface area contributed by atoms with Gasteiger partial charge in [-0.1, -0.05) is 19.3 Å². The Balaban J connectivity index is 1.99. The van der Waals surface area contributed by atoms with Gasteiger partial charge in [0.05, 0.1) is 32.4 Å². The number of benzene rings is 1. The minimum atomic E-state index is 0.558. The molecule has 1 aromatic heterocycles. The van der Waals surface area contributed by atoms with Crippen LogP contribution in [0.1, 0.15) is 38.1 Å². The topological polar surface area (TPSA) is 36.3 Å². The first-order valence-electron chi connectivity index (χ1n) is 7.57.